The van der Waals surface area contributed by atoms with Crippen molar-refractivity contribution < 1.29 is 9.18 Å². The molecular weight excluding hydrogens is 411 g/mol. The highest BCUT2D eigenvalue weighted by molar-refractivity contribution is 8.00. The zero-order chi connectivity index (χ0) is 20.4. The first kappa shape index (κ1) is 19.4. The van der Waals surface area contributed by atoms with Crippen LogP contribution < -0.4 is 5.32 Å². The zero-order valence-corrected chi connectivity index (χ0v) is 17.0. The molecule has 8 heteroatoms. The van der Waals surface area contributed by atoms with Gasteiger partial charge in [-0.1, -0.05) is 41.6 Å². The van der Waals surface area contributed by atoms with Crippen LogP contribution in [0.1, 0.15) is 5.56 Å². The Morgan fingerprint density at radius 1 is 1.21 bits per heavy atom. The smallest absolute Gasteiger partial charge is 0.234 e. The summed E-state index contributed by atoms with van der Waals surface area (Å²) in [4.78, 5) is 16.7. The van der Waals surface area contributed by atoms with Gasteiger partial charge < -0.3 is 5.32 Å². The van der Waals surface area contributed by atoms with Crippen molar-refractivity contribution in [1.82, 2.24) is 14.6 Å². The minimum absolute atomic E-state index is 0.143. The lowest BCUT2D eigenvalue weighted by Gasteiger charge is -2.08. The molecule has 0 fully saturated rings. The molecule has 29 heavy (non-hydrogen) atoms. The number of rotatable bonds is 5. The topological polar surface area (TPSA) is 59.3 Å². The van der Waals surface area contributed by atoms with E-state index in [0.717, 1.165) is 22.3 Å². The molecule has 1 N–H and O–H groups in total. The summed E-state index contributed by atoms with van der Waals surface area (Å²) in [7, 11) is 0. The van der Waals surface area contributed by atoms with E-state index in [1.54, 1.807) is 23.0 Å². The van der Waals surface area contributed by atoms with Crippen LogP contribution in [0.3, 0.4) is 0 Å². The summed E-state index contributed by atoms with van der Waals surface area (Å²) in [5.41, 5.74) is 3.80. The van der Waals surface area contributed by atoms with Gasteiger partial charge in [0.05, 0.1) is 17.0 Å². The van der Waals surface area contributed by atoms with Gasteiger partial charge in [-0.15, -0.1) is 0 Å². The summed E-state index contributed by atoms with van der Waals surface area (Å²) in [6.45, 7) is 1.81. The van der Waals surface area contributed by atoms with Crippen molar-refractivity contribution in [3.63, 3.8) is 0 Å². The number of carbonyl (C=O) groups is 1. The van der Waals surface area contributed by atoms with E-state index in [9.17, 15) is 9.18 Å². The van der Waals surface area contributed by atoms with Gasteiger partial charge in [0.2, 0.25) is 5.91 Å². The van der Waals surface area contributed by atoms with Gasteiger partial charge in [0, 0.05) is 28.7 Å². The maximum Gasteiger partial charge on any atom is 0.234 e. The van der Waals surface area contributed by atoms with Crippen LogP contribution in [0.5, 0.6) is 0 Å². The molecule has 0 unspecified atom stereocenters. The van der Waals surface area contributed by atoms with Crippen molar-refractivity contribution in [3.05, 3.63) is 77.3 Å². The Hall–Kier alpha value is -2.90. The third-order valence-electron chi connectivity index (χ3n) is 4.31. The van der Waals surface area contributed by atoms with Crippen LogP contribution in [0.4, 0.5) is 10.1 Å². The second-order valence-corrected chi connectivity index (χ2v) is 7.80. The van der Waals surface area contributed by atoms with Crippen LogP contribution in [0.25, 0.3) is 16.8 Å². The van der Waals surface area contributed by atoms with Crippen LogP contribution >= 0.6 is 23.4 Å². The molecule has 0 spiro atoms. The molecule has 146 valence electrons. The van der Waals surface area contributed by atoms with Crippen molar-refractivity contribution in [1.29, 1.82) is 0 Å². The van der Waals surface area contributed by atoms with Crippen LogP contribution in [0.2, 0.25) is 5.02 Å². The molecule has 2 heterocycles. The van der Waals surface area contributed by atoms with Gasteiger partial charge in [0.1, 0.15) is 10.8 Å². The summed E-state index contributed by atoms with van der Waals surface area (Å²) in [6, 6.07) is 13.7. The number of hydrogen-bond donors (Lipinski definition) is 1. The first-order valence-corrected chi connectivity index (χ1v) is 10.1. The molecule has 0 bridgehead atoms. The van der Waals surface area contributed by atoms with Gasteiger partial charge in [-0.2, -0.15) is 5.10 Å². The average Bonchev–Trinajstić information content (AvgIpc) is 3.14. The molecule has 0 radical (unpaired) electrons. The summed E-state index contributed by atoms with van der Waals surface area (Å²) < 4.78 is 15.1. The first-order valence-electron chi connectivity index (χ1n) is 8.79. The lowest BCUT2D eigenvalue weighted by atomic mass is 10.1. The van der Waals surface area contributed by atoms with Gasteiger partial charge >= 0.3 is 0 Å². The van der Waals surface area contributed by atoms with Gasteiger partial charge in [-0.3, -0.25) is 4.79 Å². The number of amides is 1. The summed E-state index contributed by atoms with van der Waals surface area (Å²) in [6.07, 6.45) is 3.40. The predicted octanol–water partition coefficient (Wildman–Crippen LogP) is 5.23. The fourth-order valence-corrected chi connectivity index (χ4v) is 3.72. The lowest BCUT2D eigenvalue weighted by molar-refractivity contribution is -0.113. The molecule has 5 nitrogen and oxygen atoms in total. The largest absolute Gasteiger partial charge is 0.325 e. The number of hydrogen-bond acceptors (Lipinski definition) is 4. The fourth-order valence-electron chi connectivity index (χ4n) is 2.82. The van der Waals surface area contributed by atoms with Crippen molar-refractivity contribution in [2.24, 2.45) is 0 Å². The molecule has 2 aromatic heterocycles. The average molecular weight is 427 g/mol. The Labute approximate surface area is 175 Å². The Balaban J connectivity index is 1.51. The lowest BCUT2D eigenvalue weighted by Crippen LogP contribution is -2.15. The number of carbonyl (C=O) groups excluding carboxylic acids is 1. The van der Waals surface area contributed by atoms with E-state index in [0.29, 0.717) is 15.7 Å². The van der Waals surface area contributed by atoms with E-state index >= 15 is 0 Å². The maximum absolute atomic E-state index is 13.4. The van der Waals surface area contributed by atoms with Gasteiger partial charge in [0.25, 0.3) is 0 Å². The fraction of sp³-hybridized carbons (Fsp3) is 0.0952. The van der Waals surface area contributed by atoms with E-state index in [2.05, 4.69) is 15.4 Å². The molecular formula is C21H16ClFN4OS. The van der Waals surface area contributed by atoms with Crippen LogP contribution in [0.15, 0.2) is 66.0 Å². The van der Waals surface area contributed by atoms with Gasteiger partial charge in [-0.25, -0.2) is 13.9 Å². The third-order valence-corrected chi connectivity index (χ3v) is 5.55. The number of benzene rings is 2. The SMILES string of the molecule is Cc1ccc(F)cc1NC(=O)CSc1nccn2nc(-c3ccc(Cl)cc3)cc12. The van der Waals surface area contributed by atoms with Crippen LogP contribution in [-0.2, 0) is 4.79 Å². The number of fused-ring (bicyclic) bond motifs is 1. The van der Waals surface area contributed by atoms with E-state index < -0.39 is 0 Å². The van der Waals surface area contributed by atoms with Gasteiger partial charge in [0.15, 0.2) is 0 Å². The molecule has 2 aromatic carbocycles. The van der Waals surface area contributed by atoms with Crippen molar-refractivity contribution in [3.8, 4) is 11.3 Å². The van der Waals surface area contributed by atoms with Gasteiger partial charge in [-0.05, 0) is 42.8 Å². The number of anilines is 1. The van der Waals surface area contributed by atoms with Crippen molar-refractivity contribution >= 4 is 40.5 Å². The first-order chi connectivity index (χ1) is 14.0. The maximum atomic E-state index is 13.4. The highest BCUT2D eigenvalue weighted by Crippen LogP contribution is 2.27. The van der Waals surface area contributed by atoms with Crippen molar-refractivity contribution in [2.75, 3.05) is 11.1 Å². The second kappa shape index (κ2) is 8.23. The molecule has 0 atom stereocenters. The summed E-state index contributed by atoms with van der Waals surface area (Å²) in [5.74, 6) is -0.478. The van der Waals surface area contributed by atoms with E-state index in [4.69, 9.17) is 11.6 Å². The highest BCUT2D eigenvalue weighted by Gasteiger charge is 2.12. The molecule has 0 aliphatic rings. The molecule has 0 saturated heterocycles. The Morgan fingerprint density at radius 3 is 2.79 bits per heavy atom. The molecule has 4 aromatic rings. The van der Waals surface area contributed by atoms with Crippen LogP contribution in [0, 0.1) is 12.7 Å². The second-order valence-electron chi connectivity index (χ2n) is 6.39. The number of thioether (sulfide) groups is 1. The number of halogens is 2. The number of aryl methyl sites for hydroxylation is 1. The minimum Gasteiger partial charge on any atom is -0.325 e. The summed E-state index contributed by atoms with van der Waals surface area (Å²) in [5, 5.41) is 8.66. The highest BCUT2D eigenvalue weighted by atomic mass is 35.5. The predicted molar refractivity (Wildman–Crippen MR) is 114 cm³/mol. The van der Waals surface area contributed by atoms with E-state index in [-0.39, 0.29) is 17.5 Å². The Kier molecular flexibility index (Phi) is 5.51. The van der Waals surface area contributed by atoms with E-state index in [1.807, 2.05) is 37.3 Å². The number of nitrogens with one attached hydrogen (secondary N) is 1. The normalized spacial score (nSPS) is 11.0. The molecule has 1 amide bonds. The number of nitrogens with zero attached hydrogens (tertiary/aromatic N) is 3. The Bertz CT molecular complexity index is 1190. The monoisotopic (exact) mass is 426 g/mol. The Morgan fingerprint density at radius 2 is 2.00 bits per heavy atom. The van der Waals surface area contributed by atoms with Crippen molar-refractivity contribution in [2.45, 2.75) is 11.9 Å². The molecule has 4 rings (SSSR count). The minimum atomic E-state index is -0.390. The molecule has 0 saturated carbocycles. The third kappa shape index (κ3) is 4.41. The van der Waals surface area contributed by atoms with Crippen LogP contribution in [-0.4, -0.2) is 26.3 Å². The standard InChI is InChI=1S/C21H16ClFN4OS/c1-13-2-7-16(23)10-17(13)25-20(28)12-29-21-19-11-18(26-27(19)9-8-24-21)14-3-5-15(22)6-4-14/h2-11H,12H2,1H3,(H,25,28). The molecule has 0 aliphatic carbocycles. The molecule has 0 aliphatic heterocycles. The van der Waals surface area contributed by atoms with E-state index in [1.165, 1.54) is 23.9 Å². The number of aromatic nitrogens is 3. The quantitative estimate of drug-likeness (QED) is 0.444. The summed E-state index contributed by atoms with van der Waals surface area (Å²) >= 11 is 7.25. The zero-order valence-electron chi connectivity index (χ0n) is 15.4.